The predicted molar refractivity (Wildman–Crippen MR) is 136 cm³/mol. The van der Waals surface area contributed by atoms with E-state index in [1.54, 1.807) is 0 Å². The molecular formula is C27H42Ge2O. The van der Waals surface area contributed by atoms with E-state index in [1.807, 2.05) is 0 Å². The Morgan fingerprint density at radius 3 is 1.43 bits per heavy atom. The van der Waals surface area contributed by atoms with Crippen LogP contribution in [0.25, 0.3) is 0 Å². The van der Waals surface area contributed by atoms with Gasteiger partial charge in [0.1, 0.15) is 0 Å². The summed E-state index contributed by atoms with van der Waals surface area (Å²) >= 11 is -2.62. The molecule has 0 saturated carbocycles. The zero-order valence-corrected chi connectivity index (χ0v) is 23.9. The van der Waals surface area contributed by atoms with Gasteiger partial charge in [-0.25, -0.2) is 0 Å². The summed E-state index contributed by atoms with van der Waals surface area (Å²) in [7, 11) is 0. The van der Waals surface area contributed by atoms with Crippen LogP contribution in [-0.4, -0.2) is 29.0 Å². The Kier molecular flexibility index (Phi) is 12.5. The van der Waals surface area contributed by atoms with Gasteiger partial charge >= 0.3 is 196 Å². The molecule has 0 saturated heterocycles. The molecule has 30 heavy (non-hydrogen) atoms. The van der Waals surface area contributed by atoms with E-state index < -0.39 is 29.0 Å². The van der Waals surface area contributed by atoms with Crippen LogP contribution >= 0.6 is 0 Å². The molecule has 0 bridgehead atoms. The normalized spacial score (nSPS) is 12.1. The predicted octanol–water partition coefficient (Wildman–Crippen LogP) is 8.46. The van der Waals surface area contributed by atoms with Crippen LogP contribution in [-0.2, 0) is 9.36 Å². The van der Waals surface area contributed by atoms with Crippen LogP contribution in [0.3, 0.4) is 0 Å². The van der Waals surface area contributed by atoms with Crippen LogP contribution in [0.5, 0.6) is 0 Å². The Labute approximate surface area is 195 Å². The van der Waals surface area contributed by atoms with E-state index in [2.05, 4.69) is 88.4 Å². The fourth-order valence-corrected chi connectivity index (χ4v) is 15.6. The topological polar surface area (TPSA) is 9.23 Å². The van der Waals surface area contributed by atoms with Gasteiger partial charge in [0.05, 0.1) is 0 Å². The fourth-order valence-electron chi connectivity index (χ4n) is 4.51. The van der Waals surface area contributed by atoms with Crippen molar-refractivity contribution in [2.75, 3.05) is 0 Å². The van der Waals surface area contributed by atoms with Crippen LogP contribution in [0.15, 0.2) is 60.7 Å². The van der Waals surface area contributed by atoms with Crippen molar-refractivity contribution in [2.45, 2.75) is 91.7 Å². The third-order valence-electron chi connectivity index (χ3n) is 5.89. The maximum absolute atomic E-state index is 7.39. The maximum atomic E-state index is 7.39. The molecule has 2 radical (unpaired) electrons. The van der Waals surface area contributed by atoms with Crippen molar-refractivity contribution >= 4 is 29.0 Å². The molecule has 0 N–H and O–H groups in total. The number of benzene rings is 2. The molecule has 0 unspecified atom stereocenters. The van der Waals surface area contributed by atoms with E-state index >= 15 is 0 Å². The third kappa shape index (κ3) is 7.56. The molecule has 0 spiro atoms. The first-order valence-electron chi connectivity index (χ1n) is 12.2. The van der Waals surface area contributed by atoms with E-state index in [9.17, 15) is 0 Å². The van der Waals surface area contributed by atoms with Crippen molar-refractivity contribution in [2.24, 2.45) is 0 Å². The Morgan fingerprint density at radius 1 is 0.600 bits per heavy atom. The Bertz CT molecular complexity index is 622. The molecular weight excluding hydrogens is 486 g/mol. The summed E-state index contributed by atoms with van der Waals surface area (Å²) in [6.07, 6.45) is 6.37. The number of rotatable bonds is 15. The van der Waals surface area contributed by atoms with Crippen molar-refractivity contribution in [1.29, 1.82) is 0 Å². The quantitative estimate of drug-likeness (QED) is 0.211. The first-order chi connectivity index (χ1) is 14.7. The number of hydrogen-bond donors (Lipinski definition) is 0. The van der Waals surface area contributed by atoms with Crippen molar-refractivity contribution in [3.8, 4) is 0 Å². The first kappa shape index (κ1) is 25.7. The zero-order chi connectivity index (χ0) is 21.7. The van der Waals surface area contributed by atoms with Crippen molar-refractivity contribution in [3.63, 3.8) is 0 Å². The van der Waals surface area contributed by atoms with Gasteiger partial charge in [-0.2, -0.15) is 0 Å². The summed E-state index contributed by atoms with van der Waals surface area (Å²) in [6, 6.07) is 22.4. The average molecular weight is 528 g/mol. The second kappa shape index (κ2) is 14.5. The van der Waals surface area contributed by atoms with Crippen molar-refractivity contribution in [3.05, 3.63) is 71.8 Å². The standard InChI is InChI=1S/C27H42Ge2O/c1-5-20-28(21-6-2)24-19-27(25-15-11-9-12-16-25,26-17-13-10-14-18-26)30-29(22-7-3)23-8-4/h9-18H,5-8,19-24H2,1-4H3. The van der Waals surface area contributed by atoms with E-state index in [0.717, 1.165) is 0 Å². The van der Waals surface area contributed by atoms with Gasteiger partial charge in [-0.1, -0.05) is 0 Å². The summed E-state index contributed by atoms with van der Waals surface area (Å²) in [5, 5.41) is 7.03. The van der Waals surface area contributed by atoms with E-state index in [4.69, 9.17) is 3.76 Å². The molecule has 0 atom stereocenters. The summed E-state index contributed by atoms with van der Waals surface area (Å²) < 4.78 is 7.39. The van der Waals surface area contributed by atoms with Crippen molar-refractivity contribution in [1.82, 2.24) is 0 Å². The summed E-state index contributed by atoms with van der Waals surface area (Å²) in [5.74, 6) is 0. The summed E-state index contributed by atoms with van der Waals surface area (Å²) in [5.41, 5.74) is 2.50. The zero-order valence-electron chi connectivity index (χ0n) is 19.8. The Hall–Kier alpha value is -0.514. The molecule has 1 nitrogen and oxygen atoms in total. The van der Waals surface area contributed by atoms with Crippen LogP contribution in [0.1, 0.15) is 70.9 Å². The van der Waals surface area contributed by atoms with Crippen LogP contribution in [0.2, 0.25) is 26.3 Å². The molecule has 2 rings (SSSR count). The van der Waals surface area contributed by atoms with Crippen LogP contribution < -0.4 is 0 Å². The van der Waals surface area contributed by atoms with Gasteiger partial charge in [0.2, 0.25) is 0 Å². The molecule has 0 aromatic heterocycles. The molecule has 0 fully saturated rings. The van der Waals surface area contributed by atoms with Gasteiger partial charge in [-0.05, 0) is 0 Å². The van der Waals surface area contributed by atoms with Gasteiger partial charge in [0.15, 0.2) is 0 Å². The van der Waals surface area contributed by atoms with Crippen LogP contribution in [0, 0.1) is 0 Å². The monoisotopic (exact) mass is 530 g/mol. The molecule has 0 aliphatic heterocycles. The van der Waals surface area contributed by atoms with Crippen molar-refractivity contribution < 1.29 is 3.76 Å². The van der Waals surface area contributed by atoms with Gasteiger partial charge < -0.3 is 0 Å². The molecule has 2 aromatic rings. The third-order valence-corrected chi connectivity index (χ3v) is 18.7. The SMILES string of the molecule is CC[CH2][Ge]([CH2]CC)[CH2]CC([O][Ge]([CH2]CC)[CH2]CC)(c1ccccc1)c1ccccc1. The second-order valence-electron chi connectivity index (χ2n) is 8.45. The Balaban J connectivity index is 2.48. The molecule has 164 valence electrons. The van der Waals surface area contributed by atoms with Crippen LogP contribution in [0.4, 0.5) is 0 Å². The van der Waals surface area contributed by atoms with Gasteiger partial charge in [-0.15, -0.1) is 0 Å². The minimum atomic E-state index is -1.59. The molecule has 0 heterocycles. The van der Waals surface area contributed by atoms with E-state index in [1.165, 1.54) is 69.5 Å². The summed E-state index contributed by atoms with van der Waals surface area (Å²) in [4.78, 5) is 0. The average Bonchev–Trinajstić information content (AvgIpc) is 2.78. The van der Waals surface area contributed by atoms with Gasteiger partial charge in [-0.3, -0.25) is 0 Å². The van der Waals surface area contributed by atoms with Gasteiger partial charge in [0, 0.05) is 0 Å². The molecule has 0 aliphatic rings. The first-order valence-corrected chi connectivity index (χ1v) is 20.5. The van der Waals surface area contributed by atoms with Gasteiger partial charge in [0.25, 0.3) is 0 Å². The van der Waals surface area contributed by atoms with E-state index in [-0.39, 0.29) is 5.60 Å². The number of hydrogen-bond acceptors (Lipinski definition) is 1. The minimum absolute atomic E-state index is 0.248. The Morgan fingerprint density at radius 2 is 1.03 bits per heavy atom. The molecule has 0 amide bonds. The molecule has 2 aromatic carbocycles. The fraction of sp³-hybridized carbons (Fsp3) is 0.556. The molecule has 0 aliphatic carbocycles. The second-order valence-corrected chi connectivity index (χ2v) is 19.5. The van der Waals surface area contributed by atoms with E-state index in [0.29, 0.717) is 0 Å². The summed E-state index contributed by atoms with van der Waals surface area (Å²) in [6.45, 7) is 9.39. The molecule has 3 heteroatoms.